The van der Waals surface area contributed by atoms with E-state index < -0.39 is 0 Å². The number of hydrogen-bond donors (Lipinski definition) is 0. The molecule has 0 aromatic heterocycles. The second-order valence-corrected chi connectivity index (χ2v) is 7.10. The van der Waals surface area contributed by atoms with Crippen molar-refractivity contribution < 1.29 is 4.79 Å². The van der Waals surface area contributed by atoms with Crippen LogP contribution in [0.2, 0.25) is 0 Å². The summed E-state index contributed by atoms with van der Waals surface area (Å²) >= 11 is 1.79. The number of hydrogen-bond acceptors (Lipinski definition) is 2. The van der Waals surface area contributed by atoms with Gasteiger partial charge in [-0.1, -0.05) is 84.0 Å². The van der Waals surface area contributed by atoms with Crippen molar-refractivity contribution in [1.29, 1.82) is 0 Å². The van der Waals surface area contributed by atoms with Gasteiger partial charge in [0.05, 0.1) is 5.75 Å². The summed E-state index contributed by atoms with van der Waals surface area (Å²) in [6.07, 6.45) is 18.3. The van der Waals surface area contributed by atoms with Crippen LogP contribution in [0.25, 0.3) is 0 Å². The van der Waals surface area contributed by atoms with Gasteiger partial charge in [0.25, 0.3) is 0 Å². The lowest BCUT2D eigenvalue weighted by atomic mass is 10.1. The van der Waals surface area contributed by atoms with Crippen LogP contribution in [0.5, 0.6) is 0 Å². The average Bonchev–Trinajstić information content (AvgIpc) is 2.43. The van der Waals surface area contributed by atoms with Crippen LogP contribution in [0.1, 0.15) is 97.3 Å². The summed E-state index contributed by atoms with van der Waals surface area (Å²) < 4.78 is 0. The third-order valence-electron chi connectivity index (χ3n) is 3.70. The predicted molar refractivity (Wildman–Crippen MR) is 93.7 cm³/mol. The maximum atomic E-state index is 10.8. The average molecular weight is 301 g/mol. The van der Waals surface area contributed by atoms with Crippen molar-refractivity contribution in [2.75, 3.05) is 11.5 Å². The Bertz CT molecular complexity index is 204. The van der Waals surface area contributed by atoms with Crippen molar-refractivity contribution in [3.05, 3.63) is 0 Å². The molecule has 0 aliphatic heterocycles. The summed E-state index contributed by atoms with van der Waals surface area (Å²) in [5.41, 5.74) is 0. The Kier molecular flexibility index (Phi) is 17.1. The molecule has 0 rings (SSSR count). The summed E-state index contributed by atoms with van der Waals surface area (Å²) in [5, 5.41) is 0. The van der Waals surface area contributed by atoms with E-state index in [1.54, 1.807) is 18.7 Å². The standard InChI is InChI=1S/C18H36OS/c1-3-4-5-6-7-8-9-10-11-12-13-14-15-16-20-17-18(2)19/h3-17H2,1-2H3. The van der Waals surface area contributed by atoms with Crippen LogP contribution in [0, 0.1) is 0 Å². The molecule has 0 saturated carbocycles. The number of carbonyl (C=O) groups excluding carboxylic acids is 1. The molecule has 0 aromatic rings. The van der Waals surface area contributed by atoms with E-state index >= 15 is 0 Å². The van der Waals surface area contributed by atoms with Crippen molar-refractivity contribution in [1.82, 2.24) is 0 Å². The highest BCUT2D eigenvalue weighted by Gasteiger charge is 1.95. The minimum absolute atomic E-state index is 0.310. The van der Waals surface area contributed by atoms with Crippen LogP contribution < -0.4 is 0 Å². The quantitative estimate of drug-likeness (QED) is 0.307. The summed E-state index contributed by atoms with van der Waals surface area (Å²) in [6.45, 7) is 3.96. The molecule has 0 aromatic carbocycles. The second kappa shape index (κ2) is 17.1. The molecular weight excluding hydrogens is 264 g/mol. The zero-order valence-electron chi connectivity index (χ0n) is 13.9. The molecule has 0 radical (unpaired) electrons. The van der Waals surface area contributed by atoms with Crippen LogP contribution in [0.4, 0.5) is 0 Å². The first-order chi connectivity index (χ1) is 9.77. The Hall–Kier alpha value is 0.0200. The molecule has 20 heavy (non-hydrogen) atoms. The van der Waals surface area contributed by atoms with Crippen molar-refractivity contribution in [2.45, 2.75) is 97.3 Å². The molecule has 0 aliphatic rings. The van der Waals surface area contributed by atoms with Crippen molar-refractivity contribution in [2.24, 2.45) is 0 Å². The van der Waals surface area contributed by atoms with Crippen LogP contribution >= 0.6 is 11.8 Å². The SMILES string of the molecule is CCCCCCCCCCCCCCCSCC(C)=O. The first kappa shape index (κ1) is 20.0. The minimum Gasteiger partial charge on any atom is -0.299 e. The Morgan fingerprint density at radius 1 is 0.700 bits per heavy atom. The van der Waals surface area contributed by atoms with Gasteiger partial charge in [-0.25, -0.2) is 0 Å². The number of unbranched alkanes of at least 4 members (excludes halogenated alkanes) is 12. The normalized spacial score (nSPS) is 10.9. The molecule has 0 atom stereocenters. The van der Waals surface area contributed by atoms with E-state index in [4.69, 9.17) is 0 Å². The summed E-state index contributed by atoms with van der Waals surface area (Å²) in [4.78, 5) is 10.8. The highest BCUT2D eigenvalue weighted by atomic mass is 32.2. The number of thioether (sulfide) groups is 1. The van der Waals surface area contributed by atoms with Crippen molar-refractivity contribution in [3.63, 3.8) is 0 Å². The molecule has 1 nitrogen and oxygen atoms in total. The lowest BCUT2D eigenvalue weighted by Crippen LogP contribution is -1.94. The molecule has 120 valence electrons. The van der Waals surface area contributed by atoms with Gasteiger partial charge in [0.15, 0.2) is 0 Å². The van der Waals surface area contributed by atoms with E-state index in [0.29, 0.717) is 11.5 Å². The summed E-state index contributed by atoms with van der Waals surface area (Å²) in [7, 11) is 0. The minimum atomic E-state index is 0.310. The molecule has 0 unspecified atom stereocenters. The Morgan fingerprint density at radius 3 is 1.50 bits per heavy atom. The lowest BCUT2D eigenvalue weighted by molar-refractivity contribution is -0.114. The molecule has 0 saturated heterocycles. The number of rotatable bonds is 16. The van der Waals surface area contributed by atoms with Gasteiger partial charge in [0, 0.05) is 0 Å². The lowest BCUT2D eigenvalue weighted by Gasteiger charge is -2.03. The van der Waals surface area contributed by atoms with Gasteiger partial charge >= 0.3 is 0 Å². The second-order valence-electron chi connectivity index (χ2n) is 6.00. The Labute approximate surface area is 131 Å². The van der Waals surface area contributed by atoms with Gasteiger partial charge in [0.2, 0.25) is 0 Å². The number of Topliss-reactive ketones (excluding diaryl/α,β-unsaturated/α-hetero) is 1. The summed E-state index contributed by atoms with van der Waals surface area (Å²) in [6, 6.07) is 0. The van der Waals surface area contributed by atoms with E-state index in [9.17, 15) is 4.79 Å². The van der Waals surface area contributed by atoms with E-state index in [1.165, 1.54) is 83.5 Å². The van der Waals surface area contributed by atoms with E-state index in [-0.39, 0.29) is 0 Å². The third-order valence-corrected chi connectivity index (χ3v) is 4.89. The van der Waals surface area contributed by atoms with Gasteiger partial charge < -0.3 is 0 Å². The molecule has 2 heteroatoms. The van der Waals surface area contributed by atoms with Crippen molar-refractivity contribution >= 4 is 17.5 Å². The molecule has 0 N–H and O–H groups in total. The predicted octanol–water partition coefficient (Wildman–Crippen LogP) is 6.40. The van der Waals surface area contributed by atoms with E-state index in [1.807, 2.05) is 0 Å². The van der Waals surface area contributed by atoms with Crippen LogP contribution in [0.15, 0.2) is 0 Å². The monoisotopic (exact) mass is 300 g/mol. The van der Waals surface area contributed by atoms with Gasteiger partial charge in [-0.15, -0.1) is 0 Å². The largest absolute Gasteiger partial charge is 0.299 e. The Balaban J connectivity index is 2.94. The number of ketones is 1. The zero-order chi connectivity index (χ0) is 14.9. The molecular formula is C18H36OS. The summed E-state index contributed by atoms with van der Waals surface area (Å²) in [5.74, 6) is 2.18. The fourth-order valence-electron chi connectivity index (χ4n) is 2.44. The fraction of sp³-hybridized carbons (Fsp3) is 0.944. The molecule has 0 amide bonds. The van der Waals surface area contributed by atoms with E-state index in [0.717, 1.165) is 5.75 Å². The molecule has 0 fully saturated rings. The maximum absolute atomic E-state index is 10.8. The highest BCUT2D eigenvalue weighted by molar-refractivity contribution is 7.99. The Morgan fingerprint density at radius 2 is 1.10 bits per heavy atom. The smallest absolute Gasteiger partial charge is 0.139 e. The zero-order valence-corrected chi connectivity index (χ0v) is 14.7. The maximum Gasteiger partial charge on any atom is 0.139 e. The van der Waals surface area contributed by atoms with Gasteiger partial charge in [0.1, 0.15) is 5.78 Å². The topological polar surface area (TPSA) is 17.1 Å². The van der Waals surface area contributed by atoms with Crippen LogP contribution in [-0.2, 0) is 4.79 Å². The first-order valence-electron chi connectivity index (χ1n) is 8.84. The molecule has 0 spiro atoms. The van der Waals surface area contributed by atoms with Gasteiger partial charge in [-0.2, -0.15) is 11.8 Å². The number of carbonyl (C=O) groups is 1. The van der Waals surface area contributed by atoms with Gasteiger partial charge in [-0.3, -0.25) is 4.79 Å². The van der Waals surface area contributed by atoms with Gasteiger partial charge in [-0.05, 0) is 19.1 Å². The highest BCUT2D eigenvalue weighted by Crippen LogP contribution is 2.13. The fourth-order valence-corrected chi connectivity index (χ4v) is 3.28. The molecule has 0 aliphatic carbocycles. The third kappa shape index (κ3) is 18.0. The molecule has 0 heterocycles. The first-order valence-corrected chi connectivity index (χ1v) is 10.00. The van der Waals surface area contributed by atoms with Crippen molar-refractivity contribution in [3.8, 4) is 0 Å². The van der Waals surface area contributed by atoms with Crippen LogP contribution in [-0.4, -0.2) is 17.3 Å². The molecule has 0 bridgehead atoms. The van der Waals surface area contributed by atoms with E-state index in [2.05, 4.69) is 6.92 Å². The van der Waals surface area contributed by atoms with Crippen LogP contribution in [0.3, 0.4) is 0 Å².